The highest BCUT2D eigenvalue weighted by molar-refractivity contribution is 5.33. The van der Waals surface area contributed by atoms with Crippen molar-refractivity contribution in [2.24, 2.45) is 0 Å². The number of benzene rings is 2. The zero-order valence-corrected chi connectivity index (χ0v) is 12.7. The number of hydrogen-bond donors (Lipinski definition) is 1. The van der Waals surface area contributed by atoms with Crippen molar-refractivity contribution in [1.29, 1.82) is 0 Å². The van der Waals surface area contributed by atoms with Crippen LogP contribution in [0.4, 0.5) is 0 Å². The summed E-state index contributed by atoms with van der Waals surface area (Å²) in [5, 5.41) is 3.34. The van der Waals surface area contributed by atoms with Gasteiger partial charge in [-0.1, -0.05) is 35.9 Å². The summed E-state index contributed by atoms with van der Waals surface area (Å²) in [6.45, 7) is 6.98. The molecule has 2 rings (SSSR count). The third-order valence-corrected chi connectivity index (χ3v) is 3.56. The Balaban J connectivity index is 2.09. The number of hydrogen-bond acceptors (Lipinski definition) is 2. The normalized spacial score (nSPS) is 12.2. The molecule has 0 radical (unpaired) electrons. The van der Waals surface area contributed by atoms with E-state index >= 15 is 0 Å². The van der Waals surface area contributed by atoms with E-state index in [0.717, 1.165) is 5.75 Å². The fraction of sp³-hybridized carbons (Fsp3) is 0.333. The van der Waals surface area contributed by atoms with Gasteiger partial charge in [-0.3, -0.25) is 0 Å². The molecule has 0 heterocycles. The summed E-state index contributed by atoms with van der Waals surface area (Å²) in [5.41, 5.74) is 5.11. The van der Waals surface area contributed by atoms with E-state index in [-0.39, 0.29) is 6.04 Å². The number of likely N-dealkylation sites (N-methyl/N-ethyl adjacent to an activating group) is 1. The average molecular weight is 269 g/mol. The zero-order valence-electron chi connectivity index (χ0n) is 12.7. The molecule has 2 nitrogen and oxygen atoms in total. The summed E-state index contributed by atoms with van der Waals surface area (Å²) in [6.07, 6.45) is 0. The van der Waals surface area contributed by atoms with Gasteiger partial charge in [0.15, 0.2) is 0 Å². The quantitative estimate of drug-likeness (QED) is 0.887. The van der Waals surface area contributed by atoms with Gasteiger partial charge in [-0.25, -0.2) is 0 Å². The molecule has 0 aliphatic heterocycles. The van der Waals surface area contributed by atoms with Crippen LogP contribution in [0.3, 0.4) is 0 Å². The lowest BCUT2D eigenvalue weighted by atomic mass is 10.00. The smallest absolute Gasteiger partial charge is 0.119 e. The van der Waals surface area contributed by atoms with Crippen molar-refractivity contribution in [2.45, 2.75) is 26.8 Å². The largest absolute Gasteiger partial charge is 0.492 e. The summed E-state index contributed by atoms with van der Waals surface area (Å²) < 4.78 is 5.92. The topological polar surface area (TPSA) is 21.3 Å². The van der Waals surface area contributed by atoms with Crippen molar-refractivity contribution in [3.8, 4) is 5.75 Å². The fourth-order valence-corrected chi connectivity index (χ4v) is 2.43. The highest BCUT2D eigenvalue weighted by Crippen LogP contribution is 2.21. The van der Waals surface area contributed by atoms with E-state index in [1.807, 2.05) is 19.2 Å². The zero-order chi connectivity index (χ0) is 14.5. The van der Waals surface area contributed by atoms with Crippen LogP contribution in [-0.4, -0.2) is 13.7 Å². The predicted molar refractivity (Wildman–Crippen MR) is 84.4 cm³/mol. The van der Waals surface area contributed by atoms with Crippen LogP contribution in [0.1, 0.15) is 28.3 Å². The summed E-state index contributed by atoms with van der Waals surface area (Å²) in [5.74, 6) is 0.926. The Morgan fingerprint density at radius 1 is 1.00 bits per heavy atom. The van der Waals surface area contributed by atoms with Crippen LogP contribution in [0.5, 0.6) is 5.75 Å². The van der Waals surface area contributed by atoms with Crippen molar-refractivity contribution in [3.63, 3.8) is 0 Å². The summed E-state index contributed by atoms with van der Waals surface area (Å²) >= 11 is 0. The molecule has 0 bridgehead atoms. The molecule has 0 aromatic heterocycles. The van der Waals surface area contributed by atoms with E-state index in [2.05, 4.69) is 56.4 Å². The third kappa shape index (κ3) is 3.61. The van der Waals surface area contributed by atoms with Gasteiger partial charge in [0.1, 0.15) is 12.4 Å². The molecule has 2 heteroatoms. The SMILES string of the molecule is CNC(COc1cccc(C)c1)c1ccc(C)cc1C. The van der Waals surface area contributed by atoms with Gasteiger partial charge in [0, 0.05) is 0 Å². The fourth-order valence-electron chi connectivity index (χ4n) is 2.43. The van der Waals surface area contributed by atoms with Crippen molar-refractivity contribution in [3.05, 3.63) is 64.7 Å². The molecule has 2 aromatic carbocycles. The summed E-state index contributed by atoms with van der Waals surface area (Å²) in [6, 6.07) is 14.9. The van der Waals surface area contributed by atoms with Crippen LogP contribution >= 0.6 is 0 Å². The Morgan fingerprint density at radius 2 is 1.75 bits per heavy atom. The Kier molecular flexibility index (Phi) is 4.80. The third-order valence-electron chi connectivity index (χ3n) is 3.56. The van der Waals surface area contributed by atoms with Crippen LogP contribution in [0, 0.1) is 20.8 Å². The van der Waals surface area contributed by atoms with Gasteiger partial charge in [0.25, 0.3) is 0 Å². The molecule has 106 valence electrons. The molecule has 0 fully saturated rings. The molecule has 0 aliphatic carbocycles. The number of ether oxygens (including phenoxy) is 1. The molecule has 1 atom stereocenters. The van der Waals surface area contributed by atoms with Gasteiger partial charge in [0.05, 0.1) is 6.04 Å². The second-order valence-electron chi connectivity index (χ2n) is 5.33. The number of aryl methyl sites for hydroxylation is 3. The molecule has 0 saturated heterocycles. The second-order valence-corrected chi connectivity index (χ2v) is 5.33. The average Bonchev–Trinajstić information content (AvgIpc) is 2.41. The van der Waals surface area contributed by atoms with Gasteiger partial charge in [0.2, 0.25) is 0 Å². The van der Waals surface area contributed by atoms with E-state index in [1.165, 1.54) is 22.3 Å². The van der Waals surface area contributed by atoms with Gasteiger partial charge in [-0.2, -0.15) is 0 Å². The standard InChI is InChI=1S/C18H23NO/c1-13-6-5-7-16(11-13)20-12-18(19-4)17-9-8-14(2)10-15(17)3/h5-11,18-19H,12H2,1-4H3. The molecule has 0 aliphatic rings. The lowest BCUT2D eigenvalue weighted by molar-refractivity contribution is 0.272. The summed E-state index contributed by atoms with van der Waals surface area (Å²) in [7, 11) is 1.98. The highest BCUT2D eigenvalue weighted by atomic mass is 16.5. The first-order valence-corrected chi connectivity index (χ1v) is 7.04. The Morgan fingerprint density at radius 3 is 2.40 bits per heavy atom. The highest BCUT2D eigenvalue weighted by Gasteiger charge is 2.12. The molecule has 0 saturated carbocycles. The summed E-state index contributed by atoms with van der Waals surface area (Å²) in [4.78, 5) is 0. The molecule has 0 spiro atoms. The molecule has 0 amide bonds. The Bertz CT molecular complexity index is 577. The lowest BCUT2D eigenvalue weighted by Crippen LogP contribution is -2.24. The van der Waals surface area contributed by atoms with Crippen molar-refractivity contribution >= 4 is 0 Å². The van der Waals surface area contributed by atoms with E-state index in [1.54, 1.807) is 0 Å². The molecule has 2 aromatic rings. The van der Waals surface area contributed by atoms with Crippen LogP contribution in [0.2, 0.25) is 0 Å². The van der Waals surface area contributed by atoms with E-state index < -0.39 is 0 Å². The first kappa shape index (κ1) is 14.6. The van der Waals surface area contributed by atoms with Crippen LogP contribution in [0.15, 0.2) is 42.5 Å². The van der Waals surface area contributed by atoms with Crippen LogP contribution in [-0.2, 0) is 0 Å². The first-order chi connectivity index (χ1) is 9.60. The minimum Gasteiger partial charge on any atom is -0.492 e. The Labute approximate surface area is 121 Å². The van der Waals surface area contributed by atoms with E-state index in [0.29, 0.717) is 6.61 Å². The number of nitrogens with one attached hydrogen (secondary N) is 1. The van der Waals surface area contributed by atoms with E-state index in [4.69, 9.17) is 4.74 Å². The first-order valence-electron chi connectivity index (χ1n) is 7.04. The van der Waals surface area contributed by atoms with Crippen molar-refractivity contribution < 1.29 is 4.74 Å². The maximum absolute atomic E-state index is 5.92. The lowest BCUT2D eigenvalue weighted by Gasteiger charge is -2.20. The van der Waals surface area contributed by atoms with Crippen molar-refractivity contribution in [2.75, 3.05) is 13.7 Å². The van der Waals surface area contributed by atoms with Gasteiger partial charge >= 0.3 is 0 Å². The van der Waals surface area contributed by atoms with Gasteiger partial charge in [-0.05, 0) is 56.6 Å². The molecule has 1 N–H and O–H groups in total. The van der Waals surface area contributed by atoms with Crippen LogP contribution < -0.4 is 10.1 Å². The van der Waals surface area contributed by atoms with Gasteiger partial charge < -0.3 is 10.1 Å². The molecular weight excluding hydrogens is 246 g/mol. The molecular formula is C18H23NO. The Hall–Kier alpha value is -1.80. The monoisotopic (exact) mass is 269 g/mol. The second kappa shape index (κ2) is 6.58. The predicted octanol–water partition coefficient (Wildman–Crippen LogP) is 3.95. The van der Waals surface area contributed by atoms with Gasteiger partial charge in [-0.15, -0.1) is 0 Å². The number of rotatable bonds is 5. The molecule has 1 unspecified atom stereocenters. The van der Waals surface area contributed by atoms with Crippen LogP contribution in [0.25, 0.3) is 0 Å². The maximum atomic E-state index is 5.92. The minimum atomic E-state index is 0.205. The molecule has 20 heavy (non-hydrogen) atoms. The minimum absolute atomic E-state index is 0.205. The van der Waals surface area contributed by atoms with E-state index in [9.17, 15) is 0 Å². The van der Waals surface area contributed by atoms with Crippen molar-refractivity contribution in [1.82, 2.24) is 5.32 Å². The maximum Gasteiger partial charge on any atom is 0.119 e.